The van der Waals surface area contributed by atoms with Gasteiger partial charge in [0.2, 0.25) is 0 Å². The van der Waals surface area contributed by atoms with Gasteiger partial charge in [0.15, 0.2) is 0 Å². The summed E-state index contributed by atoms with van der Waals surface area (Å²) in [5.74, 6) is -2.55. The summed E-state index contributed by atoms with van der Waals surface area (Å²) in [6.45, 7) is 9.83. The maximum Gasteiger partial charge on any atom is 0.294 e. The van der Waals surface area contributed by atoms with Gasteiger partial charge in [-0.15, -0.1) is 0 Å². The van der Waals surface area contributed by atoms with Crippen LogP contribution in [-0.4, -0.2) is 35.4 Å². The highest BCUT2D eigenvalue weighted by atomic mass is 19.1. The van der Waals surface area contributed by atoms with E-state index in [-0.39, 0.29) is 35.3 Å². The summed E-state index contributed by atoms with van der Waals surface area (Å²) < 4.78 is 28.1. The van der Waals surface area contributed by atoms with E-state index in [4.69, 9.17) is 0 Å². The molecule has 0 bridgehead atoms. The zero-order valence-corrected chi connectivity index (χ0v) is 18.8. The van der Waals surface area contributed by atoms with Crippen molar-refractivity contribution in [2.75, 3.05) is 18.5 Å². The van der Waals surface area contributed by atoms with Gasteiger partial charge in [0.1, 0.15) is 12.5 Å². The number of nitrogens with zero attached hydrogens (tertiary/aromatic N) is 1. The molecule has 6 nitrogen and oxygen atoms in total. The van der Waals surface area contributed by atoms with Crippen molar-refractivity contribution in [3.05, 3.63) is 52.1 Å². The number of alkyl halides is 1. The first-order valence-corrected chi connectivity index (χ1v) is 10.0. The van der Waals surface area contributed by atoms with E-state index in [2.05, 4.69) is 10.6 Å². The Labute approximate surface area is 181 Å². The van der Waals surface area contributed by atoms with E-state index in [1.54, 1.807) is 20.8 Å². The largest absolute Gasteiger partial charge is 0.349 e. The standard InChI is InChI=1S/C23H29F2N3O3/c1-13-11-16(7-8-17(13)25)27-21(30)18-14(2)19(28(10-9-24)15(18)3)20(29)22(31)26-12-23(4,5)6/h7-8,11H,9-10,12H2,1-6H3,(H,26,31)(H,27,30). The fourth-order valence-corrected chi connectivity index (χ4v) is 3.34. The van der Waals surface area contributed by atoms with Crippen LogP contribution in [0.3, 0.4) is 0 Å². The molecule has 0 saturated heterocycles. The van der Waals surface area contributed by atoms with Crippen molar-refractivity contribution in [1.29, 1.82) is 0 Å². The number of halogens is 2. The summed E-state index contributed by atoms with van der Waals surface area (Å²) in [6, 6.07) is 4.16. The topological polar surface area (TPSA) is 80.2 Å². The van der Waals surface area contributed by atoms with Gasteiger partial charge in [-0.2, -0.15) is 0 Å². The Balaban J connectivity index is 2.41. The highest BCUT2D eigenvalue weighted by molar-refractivity contribution is 6.43. The normalized spacial score (nSPS) is 11.4. The Morgan fingerprint density at radius 2 is 1.74 bits per heavy atom. The van der Waals surface area contributed by atoms with Gasteiger partial charge in [0.25, 0.3) is 17.6 Å². The molecule has 2 N–H and O–H groups in total. The number of hydrogen-bond donors (Lipinski definition) is 2. The number of anilines is 1. The molecule has 1 heterocycles. The van der Waals surface area contributed by atoms with Crippen LogP contribution in [0.2, 0.25) is 0 Å². The third kappa shape index (κ3) is 5.57. The molecule has 2 aromatic rings. The number of aromatic nitrogens is 1. The van der Waals surface area contributed by atoms with Gasteiger partial charge in [-0.1, -0.05) is 20.8 Å². The van der Waals surface area contributed by atoms with E-state index < -0.39 is 30.1 Å². The monoisotopic (exact) mass is 433 g/mol. The van der Waals surface area contributed by atoms with Crippen LogP contribution in [-0.2, 0) is 11.3 Å². The van der Waals surface area contributed by atoms with E-state index in [0.29, 0.717) is 16.9 Å². The second-order valence-corrected chi connectivity index (χ2v) is 8.77. The van der Waals surface area contributed by atoms with Gasteiger partial charge in [-0.05, 0) is 55.5 Å². The smallest absolute Gasteiger partial charge is 0.294 e. The molecule has 1 aromatic heterocycles. The summed E-state index contributed by atoms with van der Waals surface area (Å²) in [7, 11) is 0. The van der Waals surface area contributed by atoms with Crippen LogP contribution >= 0.6 is 0 Å². The Kier molecular flexibility index (Phi) is 7.36. The number of rotatable bonds is 7. The molecule has 0 aliphatic carbocycles. The Morgan fingerprint density at radius 3 is 2.29 bits per heavy atom. The lowest BCUT2D eigenvalue weighted by Gasteiger charge is -2.18. The van der Waals surface area contributed by atoms with Crippen molar-refractivity contribution in [2.45, 2.75) is 48.1 Å². The number of nitrogens with one attached hydrogen (secondary N) is 2. The van der Waals surface area contributed by atoms with Crippen molar-refractivity contribution in [1.82, 2.24) is 9.88 Å². The van der Waals surface area contributed by atoms with Crippen molar-refractivity contribution in [3.8, 4) is 0 Å². The molecular weight excluding hydrogens is 404 g/mol. The van der Waals surface area contributed by atoms with Crippen LogP contribution in [0, 0.1) is 32.0 Å². The number of aryl methyl sites for hydroxylation is 1. The number of amides is 2. The second-order valence-electron chi connectivity index (χ2n) is 8.77. The summed E-state index contributed by atoms with van der Waals surface area (Å²) >= 11 is 0. The highest BCUT2D eigenvalue weighted by Crippen LogP contribution is 2.25. The fraction of sp³-hybridized carbons (Fsp3) is 0.435. The molecule has 2 amide bonds. The van der Waals surface area contributed by atoms with E-state index >= 15 is 0 Å². The van der Waals surface area contributed by atoms with Crippen LogP contribution in [0.5, 0.6) is 0 Å². The first kappa shape index (κ1) is 24.2. The molecular formula is C23H29F2N3O3. The number of benzene rings is 1. The SMILES string of the molecule is Cc1cc(NC(=O)c2c(C)c(C(=O)C(=O)NCC(C)(C)C)n(CCF)c2C)ccc1F. The van der Waals surface area contributed by atoms with E-state index in [9.17, 15) is 23.2 Å². The van der Waals surface area contributed by atoms with Gasteiger partial charge in [-0.25, -0.2) is 8.78 Å². The maximum absolute atomic E-state index is 13.5. The summed E-state index contributed by atoms with van der Waals surface area (Å²) in [5.41, 5.74) is 1.37. The molecule has 0 aliphatic heterocycles. The van der Waals surface area contributed by atoms with Crippen molar-refractivity contribution >= 4 is 23.3 Å². The van der Waals surface area contributed by atoms with Gasteiger partial charge in [-0.3, -0.25) is 14.4 Å². The van der Waals surface area contributed by atoms with Crippen molar-refractivity contribution in [3.63, 3.8) is 0 Å². The van der Waals surface area contributed by atoms with Gasteiger partial charge in [0.05, 0.1) is 17.8 Å². The molecule has 1 aromatic carbocycles. The van der Waals surface area contributed by atoms with E-state index in [0.717, 1.165) is 0 Å². The van der Waals surface area contributed by atoms with Crippen LogP contribution in [0.1, 0.15) is 58.4 Å². The third-order valence-electron chi connectivity index (χ3n) is 4.92. The summed E-state index contributed by atoms with van der Waals surface area (Å²) in [6.07, 6.45) is 0. The molecule has 0 unspecified atom stereocenters. The molecule has 0 atom stereocenters. The van der Waals surface area contributed by atoms with Crippen molar-refractivity contribution in [2.24, 2.45) is 5.41 Å². The van der Waals surface area contributed by atoms with Gasteiger partial charge >= 0.3 is 0 Å². The number of carbonyl (C=O) groups excluding carboxylic acids is 3. The Hall–Kier alpha value is -3.03. The predicted octanol–water partition coefficient (Wildman–Crippen LogP) is 4.12. The number of Topliss-reactive ketones (excluding diaryl/α,β-unsaturated/α-hetero) is 1. The molecule has 8 heteroatoms. The van der Waals surface area contributed by atoms with Crippen LogP contribution in [0.15, 0.2) is 18.2 Å². The molecule has 2 rings (SSSR count). The zero-order valence-electron chi connectivity index (χ0n) is 18.8. The number of hydrogen-bond acceptors (Lipinski definition) is 3. The number of ketones is 1. The Morgan fingerprint density at radius 1 is 1.10 bits per heavy atom. The number of carbonyl (C=O) groups is 3. The summed E-state index contributed by atoms with van der Waals surface area (Å²) in [4.78, 5) is 38.3. The van der Waals surface area contributed by atoms with E-state index in [1.165, 1.54) is 22.8 Å². The summed E-state index contributed by atoms with van der Waals surface area (Å²) in [5, 5.41) is 5.27. The van der Waals surface area contributed by atoms with E-state index in [1.807, 2.05) is 20.8 Å². The fourth-order valence-electron chi connectivity index (χ4n) is 3.34. The average Bonchev–Trinajstić information content (AvgIpc) is 2.92. The highest BCUT2D eigenvalue weighted by Gasteiger charge is 2.30. The predicted molar refractivity (Wildman–Crippen MR) is 116 cm³/mol. The first-order valence-electron chi connectivity index (χ1n) is 10.0. The quantitative estimate of drug-likeness (QED) is 0.509. The molecule has 0 fully saturated rings. The maximum atomic E-state index is 13.5. The molecule has 0 saturated carbocycles. The molecule has 0 aliphatic rings. The van der Waals surface area contributed by atoms with Crippen LogP contribution in [0.4, 0.5) is 14.5 Å². The lowest BCUT2D eigenvalue weighted by Crippen LogP contribution is -2.38. The lowest BCUT2D eigenvalue weighted by molar-refractivity contribution is -0.117. The van der Waals surface area contributed by atoms with Crippen molar-refractivity contribution < 1.29 is 23.2 Å². The minimum absolute atomic E-state index is 0.0120. The third-order valence-corrected chi connectivity index (χ3v) is 4.92. The molecule has 31 heavy (non-hydrogen) atoms. The Bertz CT molecular complexity index is 1020. The second kappa shape index (κ2) is 9.41. The lowest BCUT2D eigenvalue weighted by atomic mass is 9.97. The minimum atomic E-state index is -0.824. The minimum Gasteiger partial charge on any atom is -0.349 e. The molecule has 0 spiro atoms. The zero-order chi connectivity index (χ0) is 23.5. The van der Waals surface area contributed by atoms with Crippen LogP contribution in [0.25, 0.3) is 0 Å². The molecule has 168 valence electrons. The average molecular weight is 433 g/mol. The first-order chi connectivity index (χ1) is 14.4. The van der Waals surface area contributed by atoms with Gasteiger partial charge < -0.3 is 15.2 Å². The van der Waals surface area contributed by atoms with Crippen LogP contribution < -0.4 is 10.6 Å². The van der Waals surface area contributed by atoms with Gasteiger partial charge in [0, 0.05) is 17.9 Å². The molecule has 0 radical (unpaired) electrons.